The van der Waals surface area contributed by atoms with Crippen LogP contribution >= 0.6 is 0 Å². The number of carbonyl (C=O) groups is 1. The minimum atomic E-state index is -3.86. The largest absolute Gasteiger partial charge is 0.493 e. The van der Waals surface area contributed by atoms with Crippen LogP contribution in [0.2, 0.25) is 0 Å². The van der Waals surface area contributed by atoms with Gasteiger partial charge in [0.05, 0.1) is 25.2 Å². The van der Waals surface area contributed by atoms with E-state index in [0.29, 0.717) is 11.3 Å². The molecule has 0 radical (unpaired) electrons. The highest BCUT2D eigenvalue weighted by atomic mass is 32.2. The molecule has 0 saturated heterocycles. The summed E-state index contributed by atoms with van der Waals surface area (Å²) in [5.41, 5.74) is 0.392. The Balaban J connectivity index is 1.92. The maximum Gasteiger partial charge on any atom is 0.240 e. The lowest BCUT2D eigenvalue weighted by Gasteiger charge is -2.15. The lowest BCUT2D eigenvalue weighted by molar-refractivity contribution is -0.121. The van der Waals surface area contributed by atoms with Gasteiger partial charge in [-0.3, -0.25) is 4.79 Å². The molecule has 0 fully saturated rings. The maximum atomic E-state index is 13.3. The van der Waals surface area contributed by atoms with Gasteiger partial charge in [-0.15, -0.1) is 0 Å². The number of sulfonamides is 1. The van der Waals surface area contributed by atoms with Gasteiger partial charge in [-0.2, -0.15) is 0 Å². The Bertz CT molecular complexity index is 983. The average molecular weight is 428 g/mol. The molecule has 1 amide bonds. The van der Waals surface area contributed by atoms with Crippen molar-refractivity contribution in [2.75, 3.05) is 20.8 Å². The van der Waals surface area contributed by atoms with Crippen molar-refractivity contribution in [3.63, 3.8) is 0 Å². The second kappa shape index (κ2) is 9.66. The highest BCUT2D eigenvalue weighted by Gasteiger charge is 2.18. The van der Waals surface area contributed by atoms with Crippen LogP contribution in [0.1, 0.15) is 24.9 Å². The van der Waals surface area contributed by atoms with Crippen molar-refractivity contribution in [1.29, 1.82) is 0 Å². The Morgan fingerprint density at radius 2 is 1.72 bits per heavy atom. The monoisotopic (exact) mass is 428 g/mol. The first-order chi connectivity index (χ1) is 13.7. The average Bonchev–Trinajstić information content (AvgIpc) is 2.69. The zero-order valence-corrected chi connectivity index (χ0v) is 17.0. The zero-order valence-electron chi connectivity index (χ0n) is 16.2. The van der Waals surface area contributed by atoms with Crippen LogP contribution in [-0.4, -0.2) is 35.1 Å². The second-order valence-electron chi connectivity index (χ2n) is 6.13. The summed E-state index contributed by atoms with van der Waals surface area (Å²) < 4.78 is 63.5. The van der Waals surface area contributed by atoms with Gasteiger partial charge in [-0.25, -0.2) is 21.9 Å². The van der Waals surface area contributed by atoms with Crippen LogP contribution in [0.5, 0.6) is 11.5 Å². The van der Waals surface area contributed by atoms with E-state index in [1.54, 1.807) is 6.92 Å². The molecule has 2 aromatic carbocycles. The molecule has 0 aromatic heterocycles. The van der Waals surface area contributed by atoms with Gasteiger partial charge in [0.15, 0.2) is 23.1 Å². The Labute approximate surface area is 168 Å². The molecule has 0 aliphatic carbocycles. The van der Waals surface area contributed by atoms with E-state index in [1.807, 2.05) is 0 Å². The van der Waals surface area contributed by atoms with Crippen molar-refractivity contribution >= 4 is 15.9 Å². The predicted octanol–water partition coefficient (Wildman–Crippen LogP) is 2.53. The zero-order chi connectivity index (χ0) is 21.6. The van der Waals surface area contributed by atoms with E-state index in [2.05, 4.69) is 10.0 Å². The molecule has 0 saturated carbocycles. The summed E-state index contributed by atoms with van der Waals surface area (Å²) in [5, 5.41) is 2.60. The van der Waals surface area contributed by atoms with E-state index in [1.165, 1.54) is 38.5 Å². The summed E-state index contributed by atoms with van der Waals surface area (Å²) in [6.07, 6.45) is -0.138. The van der Waals surface area contributed by atoms with Gasteiger partial charge in [-0.05, 0) is 36.8 Å². The number of rotatable bonds is 9. The van der Waals surface area contributed by atoms with Crippen molar-refractivity contribution in [2.45, 2.75) is 24.3 Å². The fourth-order valence-corrected chi connectivity index (χ4v) is 3.59. The van der Waals surface area contributed by atoms with Crippen LogP contribution < -0.4 is 19.5 Å². The van der Waals surface area contributed by atoms with Gasteiger partial charge in [0.25, 0.3) is 0 Å². The number of amides is 1. The third-order valence-corrected chi connectivity index (χ3v) is 5.59. The Kier molecular flexibility index (Phi) is 7.52. The number of carbonyl (C=O) groups excluding carboxylic acids is 1. The Hall–Kier alpha value is -2.72. The molecule has 0 aliphatic rings. The van der Waals surface area contributed by atoms with Crippen molar-refractivity contribution in [3.8, 4) is 11.5 Å². The predicted molar refractivity (Wildman–Crippen MR) is 102 cm³/mol. The van der Waals surface area contributed by atoms with E-state index in [4.69, 9.17) is 9.47 Å². The van der Waals surface area contributed by atoms with Crippen LogP contribution in [0.15, 0.2) is 41.3 Å². The molecular weight excluding hydrogens is 406 g/mol. The number of hydrogen-bond donors (Lipinski definition) is 2. The first-order valence-electron chi connectivity index (χ1n) is 8.64. The molecule has 29 heavy (non-hydrogen) atoms. The number of halogens is 2. The molecule has 158 valence electrons. The number of benzene rings is 2. The fraction of sp³-hybridized carbons (Fsp3) is 0.316. The smallest absolute Gasteiger partial charge is 0.240 e. The fourth-order valence-electron chi connectivity index (χ4n) is 2.54. The topological polar surface area (TPSA) is 93.7 Å². The summed E-state index contributed by atoms with van der Waals surface area (Å²) in [6, 6.07) is 6.90. The van der Waals surface area contributed by atoms with Crippen molar-refractivity contribution in [2.24, 2.45) is 0 Å². The third kappa shape index (κ3) is 5.88. The Morgan fingerprint density at radius 3 is 2.34 bits per heavy atom. The molecule has 0 unspecified atom stereocenters. The van der Waals surface area contributed by atoms with Gasteiger partial charge in [0.2, 0.25) is 15.9 Å². The van der Waals surface area contributed by atoms with E-state index in [0.717, 1.165) is 12.1 Å². The first-order valence-corrected chi connectivity index (χ1v) is 10.1. The molecule has 0 bridgehead atoms. The summed E-state index contributed by atoms with van der Waals surface area (Å²) >= 11 is 0. The quantitative estimate of drug-likeness (QED) is 0.640. The summed E-state index contributed by atoms with van der Waals surface area (Å²) in [7, 11) is -1.04. The van der Waals surface area contributed by atoms with Crippen LogP contribution in [0.25, 0.3) is 0 Å². The summed E-state index contributed by atoms with van der Waals surface area (Å²) in [6.45, 7) is 1.46. The first kappa shape index (κ1) is 22.6. The molecule has 2 rings (SSSR count). The molecule has 0 heterocycles. The Morgan fingerprint density at radius 1 is 1.03 bits per heavy atom. The molecule has 2 aromatic rings. The molecule has 1 atom stereocenters. The SMILES string of the molecule is COc1ccc(S(=O)(=O)NCCC(=O)N[C@H](C)c2ccc(F)c(F)c2)cc1OC. The minimum Gasteiger partial charge on any atom is -0.493 e. The van der Waals surface area contributed by atoms with Gasteiger partial charge in [0, 0.05) is 19.0 Å². The molecule has 0 spiro atoms. The van der Waals surface area contributed by atoms with Crippen LogP contribution in [0, 0.1) is 11.6 Å². The van der Waals surface area contributed by atoms with E-state index < -0.39 is 33.6 Å². The molecule has 2 N–H and O–H groups in total. The highest BCUT2D eigenvalue weighted by molar-refractivity contribution is 7.89. The summed E-state index contributed by atoms with van der Waals surface area (Å²) in [4.78, 5) is 12.0. The number of nitrogens with one attached hydrogen (secondary N) is 2. The lowest BCUT2D eigenvalue weighted by atomic mass is 10.1. The van der Waals surface area contributed by atoms with Crippen molar-refractivity contribution in [3.05, 3.63) is 53.6 Å². The van der Waals surface area contributed by atoms with Gasteiger partial charge >= 0.3 is 0 Å². The molecule has 0 aliphatic heterocycles. The van der Waals surface area contributed by atoms with Gasteiger partial charge in [0.1, 0.15) is 0 Å². The van der Waals surface area contributed by atoms with Crippen molar-refractivity contribution in [1.82, 2.24) is 10.0 Å². The lowest BCUT2D eigenvalue weighted by Crippen LogP contribution is -2.32. The molecule has 10 heteroatoms. The van der Waals surface area contributed by atoms with Gasteiger partial charge < -0.3 is 14.8 Å². The van der Waals surface area contributed by atoms with E-state index >= 15 is 0 Å². The third-order valence-electron chi connectivity index (χ3n) is 4.13. The maximum absolute atomic E-state index is 13.3. The normalized spacial score (nSPS) is 12.3. The minimum absolute atomic E-state index is 0.0364. The number of methoxy groups -OCH3 is 2. The molecular formula is C19H22F2N2O5S. The standard InChI is InChI=1S/C19H22F2N2O5S/c1-12(13-4-6-15(20)16(21)10-13)23-19(24)8-9-22-29(25,26)14-5-7-17(27-2)18(11-14)28-3/h4-7,10-12,22H,8-9H2,1-3H3,(H,23,24)/t12-/m1/s1. The van der Waals surface area contributed by atoms with Crippen LogP contribution in [0.4, 0.5) is 8.78 Å². The number of hydrogen-bond acceptors (Lipinski definition) is 5. The number of ether oxygens (including phenoxy) is 2. The summed E-state index contributed by atoms with van der Waals surface area (Å²) in [5.74, 6) is -1.79. The van der Waals surface area contributed by atoms with Gasteiger partial charge in [-0.1, -0.05) is 6.07 Å². The van der Waals surface area contributed by atoms with E-state index in [9.17, 15) is 22.0 Å². The van der Waals surface area contributed by atoms with Crippen LogP contribution in [-0.2, 0) is 14.8 Å². The van der Waals surface area contributed by atoms with Crippen LogP contribution in [0.3, 0.4) is 0 Å². The second-order valence-corrected chi connectivity index (χ2v) is 7.89. The molecule has 7 nitrogen and oxygen atoms in total. The van der Waals surface area contributed by atoms with E-state index in [-0.39, 0.29) is 23.6 Å². The van der Waals surface area contributed by atoms with Crippen molar-refractivity contribution < 1.29 is 31.5 Å². The highest BCUT2D eigenvalue weighted by Crippen LogP contribution is 2.29.